The van der Waals surface area contributed by atoms with E-state index in [-0.39, 0.29) is 6.04 Å². The predicted octanol–water partition coefficient (Wildman–Crippen LogP) is 4.41. The van der Waals surface area contributed by atoms with Crippen LogP contribution in [0.15, 0.2) is 28.9 Å². The summed E-state index contributed by atoms with van der Waals surface area (Å²) in [4.78, 5) is 0. The van der Waals surface area contributed by atoms with Crippen LogP contribution in [0.4, 0.5) is 0 Å². The Morgan fingerprint density at radius 2 is 2.16 bits per heavy atom. The minimum atomic E-state index is -0.366. The summed E-state index contributed by atoms with van der Waals surface area (Å²) in [6, 6.07) is 5.11. The van der Waals surface area contributed by atoms with Crippen LogP contribution in [-0.4, -0.2) is 9.78 Å². The Hall–Kier alpha value is -0.550. The van der Waals surface area contributed by atoms with Gasteiger partial charge in [0.15, 0.2) is 0 Å². The summed E-state index contributed by atoms with van der Waals surface area (Å²) in [7, 11) is 0. The van der Waals surface area contributed by atoms with Gasteiger partial charge in [0.2, 0.25) is 0 Å². The zero-order chi connectivity index (χ0) is 14.0. The van der Waals surface area contributed by atoms with E-state index in [1.807, 2.05) is 16.8 Å². The summed E-state index contributed by atoms with van der Waals surface area (Å²) in [6.07, 6.45) is 2.74. The van der Waals surface area contributed by atoms with E-state index in [9.17, 15) is 0 Å². The van der Waals surface area contributed by atoms with Crippen LogP contribution in [0.1, 0.15) is 30.6 Å². The fourth-order valence-corrected chi connectivity index (χ4v) is 2.95. The molecule has 0 aliphatic rings. The first-order valence-electron chi connectivity index (χ1n) is 5.97. The van der Waals surface area contributed by atoms with E-state index >= 15 is 0 Å². The SMILES string of the molecule is CCCn1ncc(Br)c1C(N)c1cccc(Cl)c1Cl. The van der Waals surface area contributed by atoms with Gasteiger partial charge in [-0.25, -0.2) is 0 Å². The fourth-order valence-electron chi connectivity index (χ4n) is 1.98. The molecule has 1 heterocycles. The largest absolute Gasteiger partial charge is 0.319 e. The van der Waals surface area contributed by atoms with E-state index in [0.29, 0.717) is 10.0 Å². The van der Waals surface area contributed by atoms with Crippen molar-refractivity contribution in [2.75, 3.05) is 0 Å². The molecular formula is C13H14BrCl2N3. The van der Waals surface area contributed by atoms with Gasteiger partial charge >= 0.3 is 0 Å². The Morgan fingerprint density at radius 1 is 1.42 bits per heavy atom. The summed E-state index contributed by atoms with van der Waals surface area (Å²) in [5, 5.41) is 5.32. The van der Waals surface area contributed by atoms with E-state index in [1.54, 1.807) is 12.3 Å². The molecule has 1 unspecified atom stereocenters. The molecule has 0 bridgehead atoms. The van der Waals surface area contributed by atoms with E-state index in [0.717, 1.165) is 28.7 Å². The third-order valence-electron chi connectivity index (χ3n) is 2.88. The van der Waals surface area contributed by atoms with Crippen LogP contribution in [0.2, 0.25) is 10.0 Å². The number of hydrogen-bond acceptors (Lipinski definition) is 2. The van der Waals surface area contributed by atoms with Crippen molar-refractivity contribution in [3.63, 3.8) is 0 Å². The molecule has 0 aliphatic heterocycles. The second-order valence-corrected chi connectivity index (χ2v) is 5.86. The number of halogens is 3. The maximum Gasteiger partial charge on any atom is 0.0749 e. The Bertz CT molecular complexity index is 583. The summed E-state index contributed by atoms with van der Waals surface area (Å²) in [6.45, 7) is 2.91. The molecule has 0 fully saturated rings. The Kier molecular flexibility index (Phi) is 4.90. The number of aryl methyl sites for hydroxylation is 1. The Labute approximate surface area is 130 Å². The standard InChI is InChI=1S/C13H14BrCl2N3/c1-2-6-19-13(9(14)7-18-19)12(17)8-4-3-5-10(15)11(8)16/h3-5,7,12H,2,6,17H2,1H3. The van der Waals surface area contributed by atoms with Crippen LogP contribution >= 0.6 is 39.1 Å². The molecule has 0 saturated heterocycles. The summed E-state index contributed by atoms with van der Waals surface area (Å²) in [5.41, 5.74) is 8.04. The first-order chi connectivity index (χ1) is 9.06. The first kappa shape index (κ1) is 14.9. The minimum absolute atomic E-state index is 0.366. The van der Waals surface area contributed by atoms with E-state index < -0.39 is 0 Å². The number of benzene rings is 1. The number of aromatic nitrogens is 2. The number of hydrogen-bond donors (Lipinski definition) is 1. The number of nitrogens with zero attached hydrogens (tertiary/aromatic N) is 2. The third-order valence-corrected chi connectivity index (χ3v) is 4.32. The molecule has 2 N–H and O–H groups in total. The zero-order valence-corrected chi connectivity index (χ0v) is 13.5. The maximum atomic E-state index is 6.33. The van der Waals surface area contributed by atoms with Crippen LogP contribution < -0.4 is 5.73 Å². The van der Waals surface area contributed by atoms with Gasteiger partial charge < -0.3 is 5.73 Å². The number of nitrogens with two attached hydrogens (primary N) is 1. The van der Waals surface area contributed by atoms with Crippen molar-refractivity contribution in [2.45, 2.75) is 25.9 Å². The van der Waals surface area contributed by atoms with Gasteiger partial charge in [-0.15, -0.1) is 0 Å². The summed E-state index contributed by atoms with van der Waals surface area (Å²) in [5.74, 6) is 0. The molecular weight excluding hydrogens is 349 g/mol. The molecule has 0 aliphatic carbocycles. The van der Waals surface area contributed by atoms with Gasteiger partial charge in [-0.3, -0.25) is 4.68 Å². The predicted molar refractivity (Wildman–Crippen MR) is 82.7 cm³/mol. The van der Waals surface area contributed by atoms with Gasteiger partial charge in [0.1, 0.15) is 0 Å². The average Bonchev–Trinajstić information content (AvgIpc) is 2.74. The molecule has 6 heteroatoms. The fraction of sp³-hybridized carbons (Fsp3) is 0.308. The lowest BCUT2D eigenvalue weighted by atomic mass is 10.0. The number of rotatable bonds is 4. The van der Waals surface area contributed by atoms with Crippen LogP contribution in [0.3, 0.4) is 0 Å². The Morgan fingerprint density at radius 3 is 2.84 bits per heavy atom. The second-order valence-electron chi connectivity index (χ2n) is 4.22. The van der Waals surface area contributed by atoms with Gasteiger partial charge in [0.05, 0.1) is 32.5 Å². The normalized spacial score (nSPS) is 12.7. The van der Waals surface area contributed by atoms with Crippen molar-refractivity contribution in [2.24, 2.45) is 5.73 Å². The summed E-state index contributed by atoms with van der Waals surface area (Å²) >= 11 is 15.8. The van der Waals surface area contributed by atoms with Crippen molar-refractivity contribution in [1.29, 1.82) is 0 Å². The monoisotopic (exact) mass is 361 g/mol. The molecule has 2 aromatic rings. The molecule has 2 rings (SSSR count). The molecule has 3 nitrogen and oxygen atoms in total. The lowest BCUT2D eigenvalue weighted by Crippen LogP contribution is -2.18. The van der Waals surface area contributed by atoms with Crippen molar-refractivity contribution in [3.8, 4) is 0 Å². The lowest BCUT2D eigenvalue weighted by molar-refractivity contribution is 0.559. The van der Waals surface area contributed by atoms with Gasteiger partial charge in [0.25, 0.3) is 0 Å². The Balaban J connectivity index is 2.46. The van der Waals surface area contributed by atoms with Crippen molar-refractivity contribution in [1.82, 2.24) is 9.78 Å². The highest BCUT2D eigenvalue weighted by atomic mass is 79.9. The van der Waals surface area contributed by atoms with Crippen LogP contribution in [0, 0.1) is 0 Å². The molecule has 0 spiro atoms. The van der Waals surface area contributed by atoms with Crippen LogP contribution in [-0.2, 0) is 6.54 Å². The van der Waals surface area contributed by atoms with Gasteiger partial charge in [-0.2, -0.15) is 5.10 Å². The smallest absolute Gasteiger partial charge is 0.0749 e. The second kappa shape index (κ2) is 6.27. The molecule has 0 saturated carbocycles. The molecule has 19 heavy (non-hydrogen) atoms. The highest BCUT2D eigenvalue weighted by molar-refractivity contribution is 9.10. The van der Waals surface area contributed by atoms with Crippen molar-refractivity contribution in [3.05, 3.63) is 50.2 Å². The van der Waals surface area contributed by atoms with Crippen LogP contribution in [0.5, 0.6) is 0 Å². The van der Waals surface area contributed by atoms with Gasteiger partial charge in [0, 0.05) is 6.54 Å². The first-order valence-corrected chi connectivity index (χ1v) is 7.51. The molecule has 1 atom stereocenters. The minimum Gasteiger partial charge on any atom is -0.319 e. The van der Waals surface area contributed by atoms with Crippen molar-refractivity contribution >= 4 is 39.1 Å². The maximum absolute atomic E-state index is 6.33. The molecule has 1 aromatic heterocycles. The molecule has 0 radical (unpaired) electrons. The van der Waals surface area contributed by atoms with Gasteiger partial charge in [-0.1, -0.05) is 42.3 Å². The lowest BCUT2D eigenvalue weighted by Gasteiger charge is -2.17. The highest BCUT2D eigenvalue weighted by Gasteiger charge is 2.21. The van der Waals surface area contributed by atoms with Crippen molar-refractivity contribution < 1.29 is 0 Å². The zero-order valence-electron chi connectivity index (χ0n) is 10.4. The van der Waals surface area contributed by atoms with E-state index in [4.69, 9.17) is 28.9 Å². The van der Waals surface area contributed by atoms with E-state index in [2.05, 4.69) is 28.0 Å². The molecule has 0 amide bonds. The topological polar surface area (TPSA) is 43.8 Å². The molecule has 1 aromatic carbocycles. The summed E-state index contributed by atoms with van der Waals surface area (Å²) < 4.78 is 2.77. The highest BCUT2D eigenvalue weighted by Crippen LogP contribution is 2.34. The molecule has 102 valence electrons. The quantitative estimate of drug-likeness (QED) is 0.875. The third kappa shape index (κ3) is 2.97. The van der Waals surface area contributed by atoms with Crippen LogP contribution in [0.25, 0.3) is 0 Å². The van der Waals surface area contributed by atoms with E-state index in [1.165, 1.54) is 0 Å². The average molecular weight is 363 g/mol. The van der Waals surface area contributed by atoms with Gasteiger partial charge in [-0.05, 0) is 34.0 Å².